The summed E-state index contributed by atoms with van der Waals surface area (Å²) in [5, 5.41) is 9.33. The highest BCUT2D eigenvalue weighted by Gasteiger charge is 2.30. The van der Waals surface area contributed by atoms with Gasteiger partial charge in [0.2, 0.25) is 0 Å². The molecule has 3 aromatic carbocycles. The molecule has 0 radical (unpaired) electrons. The molecule has 1 N–H and O–H groups in total. The summed E-state index contributed by atoms with van der Waals surface area (Å²) in [6.07, 6.45) is 17.8. The van der Waals surface area contributed by atoms with E-state index in [0.29, 0.717) is 11.3 Å². The summed E-state index contributed by atoms with van der Waals surface area (Å²) in [6.45, 7) is 30.4. The molecular weight excluding hydrogens is 667 g/mol. The van der Waals surface area contributed by atoms with E-state index in [0.717, 1.165) is 61.6 Å². The lowest BCUT2D eigenvalue weighted by Crippen LogP contribution is -2.26. The Kier molecular flexibility index (Phi) is 23.8. The second-order valence-electron chi connectivity index (χ2n) is 16.5. The minimum atomic E-state index is 0. The van der Waals surface area contributed by atoms with Crippen molar-refractivity contribution >= 4 is 17.5 Å². The van der Waals surface area contributed by atoms with Crippen LogP contribution in [0.15, 0.2) is 96.5 Å². The number of unbranched alkanes of at least 4 members (excludes halogenated alkanes) is 1. The number of hydrogen-bond donors (Lipinski definition) is 1. The van der Waals surface area contributed by atoms with Gasteiger partial charge in [-0.2, -0.15) is 0 Å². The lowest BCUT2D eigenvalue weighted by Gasteiger charge is -2.37. The smallest absolute Gasteiger partial charge is 0.0661 e. The van der Waals surface area contributed by atoms with Gasteiger partial charge in [0.1, 0.15) is 0 Å². The van der Waals surface area contributed by atoms with Gasteiger partial charge >= 0.3 is 0 Å². The summed E-state index contributed by atoms with van der Waals surface area (Å²) in [5.74, 6) is 2.10. The van der Waals surface area contributed by atoms with Crippen LogP contribution >= 0.6 is 0 Å². The predicted octanol–water partition coefficient (Wildman–Crippen LogP) is 15.4. The molecule has 1 unspecified atom stereocenters. The number of rotatable bonds is 16. The van der Waals surface area contributed by atoms with Crippen molar-refractivity contribution in [3.63, 3.8) is 0 Å². The second kappa shape index (κ2) is 26.4. The molecule has 304 valence electrons. The number of aliphatic hydroxyl groups is 1. The van der Waals surface area contributed by atoms with Crippen LogP contribution < -0.4 is 0 Å². The van der Waals surface area contributed by atoms with Gasteiger partial charge in [-0.1, -0.05) is 165 Å². The molecule has 0 saturated heterocycles. The van der Waals surface area contributed by atoms with E-state index in [-0.39, 0.29) is 14.0 Å². The van der Waals surface area contributed by atoms with Crippen molar-refractivity contribution in [1.82, 2.24) is 0 Å². The number of hydrogen-bond acceptors (Lipinski definition) is 2. The zero-order valence-corrected chi connectivity index (χ0v) is 36.2. The average molecular weight is 748 g/mol. The Hall–Kier alpha value is -3.49. The molecule has 2 nitrogen and oxygen atoms in total. The summed E-state index contributed by atoms with van der Waals surface area (Å²) in [5.41, 5.74) is 13.2. The summed E-state index contributed by atoms with van der Waals surface area (Å²) < 4.78 is 0. The molecule has 0 spiro atoms. The fourth-order valence-corrected chi connectivity index (χ4v) is 7.68. The van der Waals surface area contributed by atoms with Crippen molar-refractivity contribution in [2.45, 2.75) is 154 Å². The van der Waals surface area contributed by atoms with E-state index in [1.54, 1.807) is 0 Å². The number of benzene rings is 3. The van der Waals surface area contributed by atoms with Crippen molar-refractivity contribution in [2.24, 2.45) is 28.2 Å². The van der Waals surface area contributed by atoms with E-state index in [2.05, 4.69) is 141 Å². The largest absolute Gasteiger partial charge is 0.396 e. The van der Waals surface area contributed by atoms with Crippen molar-refractivity contribution in [2.75, 3.05) is 6.61 Å². The Morgan fingerprint density at radius 1 is 0.855 bits per heavy atom. The molecule has 3 aromatic rings. The molecule has 0 aliphatic heterocycles. The van der Waals surface area contributed by atoms with E-state index in [9.17, 15) is 5.11 Å². The summed E-state index contributed by atoms with van der Waals surface area (Å²) in [7, 11) is 0. The van der Waals surface area contributed by atoms with Crippen LogP contribution in [-0.4, -0.2) is 17.4 Å². The highest BCUT2D eigenvalue weighted by Crippen LogP contribution is 2.42. The number of aliphatic imine (C=N–C) groups is 1. The zero-order chi connectivity index (χ0) is 40.1. The van der Waals surface area contributed by atoms with Crippen molar-refractivity contribution in [3.05, 3.63) is 130 Å². The molecule has 0 aromatic heterocycles. The van der Waals surface area contributed by atoms with E-state index in [1.807, 2.05) is 19.9 Å². The second-order valence-corrected chi connectivity index (χ2v) is 16.5. The molecule has 1 aliphatic carbocycles. The van der Waals surface area contributed by atoms with Crippen LogP contribution in [0, 0.1) is 37.0 Å². The van der Waals surface area contributed by atoms with E-state index in [4.69, 9.17) is 4.99 Å². The monoisotopic (exact) mass is 748 g/mol. The molecule has 1 aliphatic rings. The van der Waals surface area contributed by atoms with Gasteiger partial charge in [-0.3, -0.25) is 4.99 Å². The minimum Gasteiger partial charge on any atom is -0.396 e. The van der Waals surface area contributed by atoms with Gasteiger partial charge < -0.3 is 5.11 Å². The van der Waals surface area contributed by atoms with Crippen LogP contribution in [0.2, 0.25) is 0 Å². The molecule has 0 amide bonds. The Morgan fingerprint density at radius 3 is 1.91 bits per heavy atom. The maximum Gasteiger partial charge on any atom is 0.0661 e. The average Bonchev–Trinajstić information content (AvgIpc) is 3.17. The SMILES string of the molecule is C.C=C(CCC)C1CCC(C(C)(C)C)CC1.C=Cc1ccc(CCc2ccc(CC(C)C(CCCCO)=N/C(=C\C)c3ccc(C)cc3C)cc2)cc1.CC. The molecule has 55 heavy (non-hydrogen) atoms. The zero-order valence-electron chi connectivity index (χ0n) is 36.2. The van der Waals surface area contributed by atoms with Crippen LogP contribution in [0.1, 0.15) is 160 Å². The third kappa shape index (κ3) is 17.5. The van der Waals surface area contributed by atoms with Crippen LogP contribution in [0.4, 0.5) is 0 Å². The van der Waals surface area contributed by atoms with Gasteiger partial charge in [0.15, 0.2) is 0 Å². The minimum absolute atomic E-state index is 0. The molecule has 0 bridgehead atoms. The van der Waals surface area contributed by atoms with Crippen LogP contribution in [0.3, 0.4) is 0 Å². The molecule has 2 heteroatoms. The quantitative estimate of drug-likeness (QED) is 0.0883. The number of nitrogens with zero attached hydrogens (tertiary/aromatic N) is 1. The third-order valence-electron chi connectivity index (χ3n) is 11.2. The van der Waals surface area contributed by atoms with Crippen LogP contribution in [-0.2, 0) is 19.3 Å². The predicted molar refractivity (Wildman–Crippen MR) is 248 cm³/mol. The molecule has 1 atom stereocenters. The van der Waals surface area contributed by atoms with Gasteiger partial charge in [0.05, 0.1) is 5.70 Å². The molecule has 0 heterocycles. The highest BCUT2D eigenvalue weighted by atomic mass is 16.2. The number of aryl methyl sites for hydroxylation is 4. The Morgan fingerprint density at radius 2 is 1.42 bits per heavy atom. The summed E-state index contributed by atoms with van der Waals surface area (Å²) in [6, 6.07) is 24.3. The molecule has 1 fully saturated rings. The molecule has 1 saturated carbocycles. The van der Waals surface area contributed by atoms with Crippen LogP contribution in [0.5, 0.6) is 0 Å². The topological polar surface area (TPSA) is 32.6 Å². The van der Waals surface area contributed by atoms with Crippen LogP contribution in [0.25, 0.3) is 11.8 Å². The van der Waals surface area contributed by atoms with E-state index in [1.165, 1.54) is 83.2 Å². The van der Waals surface area contributed by atoms with Gasteiger partial charge in [0.25, 0.3) is 0 Å². The summed E-state index contributed by atoms with van der Waals surface area (Å²) >= 11 is 0. The van der Waals surface area contributed by atoms with Crippen molar-refractivity contribution < 1.29 is 5.11 Å². The fourth-order valence-electron chi connectivity index (χ4n) is 7.68. The Balaban J connectivity index is 0.000000704. The highest BCUT2D eigenvalue weighted by molar-refractivity contribution is 5.92. The van der Waals surface area contributed by atoms with E-state index < -0.39 is 0 Å². The van der Waals surface area contributed by atoms with Crippen molar-refractivity contribution in [1.29, 1.82) is 0 Å². The van der Waals surface area contributed by atoms with Crippen molar-refractivity contribution in [3.8, 4) is 0 Å². The normalized spacial score (nSPS) is 16.4. The maximum atomic E-state index is 9.33. The Labute approximate surface area is 340 Å². The fraction of sp³-hybridized carbons (Fsp3) is 0.528. The standard InChI is InChI=1S/C35H43NO.C15H28.C2H6.CH4/c1-6-29-12-14-30(15-13-29)16-17-31-18-20-32(21-19-31)25-28(5)35(10-8-9-23-37)36-34(7-2)33-22-11-26(3)24-27(33)4;1-6-7-12(2)13-8-10-14(11-9-13)15(3,4)5;1-2;/h6-7,11-15,18-22,24,28,37H,1,8-10,16-17,23,25H2,2-5H3;13-14H,2,6-11H2,1,3-5H3;1-2H3;1H4/b34-7-,36-35?;;;. The first-order chi connectivity index (χ1) is 25.9. The first-order valence-corrected chi connectivity index (χ1v) is 21.3. The lowest BCUT2D eigenvalue weighted by molar-refractivity contribution is 0.159. The first-order valence-electron chi connectivity index (χ1n) is 21.3. The number of aliphatic hydroxyl groups excluding tert-OH is 1. The van der Waals surface area contributed by atoms with Gasteiger partial charge in [-0.25, -0.2) is 0 Å². The summed E-state index contributed by atoms with van der Waals surface area (Å²) in [4.78, 5) is 5.21. The van der Waals surface area contributed by atoms with Gasteiger partial charge in [0, 0.05) is 17.9 Å². The van der Waals surface area contributed by atoms with E-state index >= 15 is 0 Å². The maximum absolute atomic E-state index is 9.33. The number of allylic oxidation sites excluding steroid dienone is 2. The Bertz CT molecular complexity index is 1570. The first kappa shape index (κ1) is 49.5. The molecular formula is C53H81NO. The lowest BCUT2D eigenvalue weighted by atomic mass is 9.68. The van der Waals surface area contributed by atoms with Gasteiger partial charge in [-0.15, -0.1) is 0 Å². The molecule has 4 rings (SSSR count). The third-order valence-corrected chi connectivity index (χ3v) is 11.2. The van der Waals surface area contributed by atoms with Gasteiger partial charge in [-0.05, 0) is 142 Å².